The Balaban J connectivity index is 2.68. The van der Waals surface area contributed by atoms with Crippen molar-refractivity contribution in [2.24, 2.45) is 7.05 Å². The summed E-state index contributed by atoms with van der Waals surface area (Å²) in [6, 6.07) is 0.456. The summed E-state index contributed by atoms with van der Waals surface area (Å²) < 4.78 is 1.89. The normalized spacial score (nSPS) is 13.5. The van der Waals surface area contributed by atoms with Gasteiger partial charge in [0.15, 0.2) is 5.82 Å². The molecule has 0 aliphatic rings. The number of aromatic nitrogens is 3. The summed E-state index contributed by atoms with van der Waals surface area (Å²) in [5.74, 6) is 2.41. The number of likely N-dealkylation sites (N-methyl/N-ethyl adjacent to an activating group) is 1. The molecule has 1 atom stereocenters. The fraction of sp³-hybridized carbons (Fsp3) is 0.818. The monoisotopic (exact) mass is 210 g/mol. The zero-order valence-corrected chi connectivity index (χ0v) is 10.4. The fourth-order valence-corrected chi connectivity index (χ4v) is 1.56. The SMILES string of the molecule is CCNC(C)Cc1nc(C(C)C)nn1C. The Hall–Kier alpha value is -0.900. The molecule has 0 fully saturated rings. The third kappa shape index (κ3) is 3.30. The van der Waals surface area contributed by atoms with Gasteiger partial charge >= 0.3 is 0 Å². The Morgan fingerprint density at radius 3 is 2.47 bits per heavy atom. The summed E-state index contributed by atoms with van der Waals surface area (Å²) in [5, 5.41) is 7.78. The summed E-state index contributed by atoms with van der Waals surface area (Å²) in [5.41, 5.74) is 0. The van der Waals surface area contributed by atoms with E-state index in [9.17, 15) is 0 Å². The Kier molecular flexibility index (Phi) is 4.27. The quantitative estimate of drug-likeness (QED) is 0.800. The van der Waals surface area contributed by atoms with E-state index in [0.29, 0.717) is 12.0 Å². The van der Waals surface area contributed by atoms with Gasteiger partial charge in [0.1, 0.15) is 5.82 Å². The maximum absolute atomic E-state index is 4.54. The minimum Gasteiger partial charge on any atom is -0.314 e. The van der Waals surface area contributed by atoms with Gasteiger partial charge in [-0.25, -0.2) is 4.98 Å². The van der Waals surface area contributed by atoms with Crippen molar-refractivity contribution in [2.75, 3.05) is 6.54 Å². The average Bonchev–Trinajstić information content (AvgIpc) is 2.48. The molecule has 86 valence electrons. The molecule has 0 aromatic carbocycles. The van der Waals surface area contributed by atoms with Gasteiger partial charge in [-0.2, -0.15) is 5.10 Å². The molecule has 1 N–H and O–H groups in total. The maximum Gasteiger partial charge on any atom is 0.153 e. The van der Waals surface area contributed by atoms with Gasteiger partial charge in [-0.15, -0.1) is 0 Å². The van der Waals surface area contributed by atoms with Crippen LogP contribution in [0.1, 0.15) is 45.3 Å². The van der Waals surface area contributed by atoms with E-state index in [4.69, 9.17) is 0 Å². The predicted octanol–water partition coefficient (Wildman–Crippen LogP) is 1.48. The van der Waals surface area contributed by atoms with Crippen molar-refractivity contribution in [3.05, 3.63) is 11.6 Å². The molecule has 0 saturated heterocycles. The molecule has 0 saturated carbocycles. The molecule has 4 heteroatoms. The first-order chi connectivity index (χ1) is 7.04. The second kappa shape index (κ2) is 5.26. The van der Waals surface area contributed by atoms with E-state index in [-0.39, 0.29) is 0 Å². The molecule has 0 bridgehead atoms. The van der Waals surface area contributed by atoms with Crippen LogP contribution >= 0.6 is 0 Å². The van der Waals surface area contributed by atoms with Crippen molar-refractivity contribution in [3.8, 4) is 0 Å². The maximum atomic E-state index is 4.54. The van der Waals surface area contributed by atoms with Crippen LogP contribution in [0, 0.1) is 0 Å². The molecule has 0 amide bonds. The van der Waals surface area contributed by atoms with E-state index < -0.39 is 0 Å². The van der Waals surface area contributed by atoms with Crippen molar-refractivity contribution < 1.29 is 0 Å². The summed E-state index contributed by atoms with van der Waals surface area (Å²) in [6.45, 7) is 9.52. The number of hydrogen-bond donors (Lipinski definition) is 1. The van der Waals surface area contributed by atoms with E-state index in [1.165, 1.54) is 0 Å². The molecular weight excluding hydrogens is 188 g/mol. The highest BCUT2D eigenvalue weighted by Gasteiger charge is 2.12. The topological polar surface area (TPSA) is 42.7 Å². The minimum atomic E-state index is 0.402. The Morgan fingerprint density at radius 1 is 1.33 bits per heavy atom. The van der Waals surface area contributed by atoms with Crippen LogP contribution in [0.3, 0.4) is 0 Å². The lowest BCUT2D eigenvalue weighted by Crippen LogP contribution is -2.28. The molecule has 0 spiro atoms. The number of hydrogen-bond acceptors (Lipinski definition) is 3. The van der Waals surface area contributed by atoms with Gasteiger partial charge in [0.2, 0.25) is 0 Å². The van der Waals surface area contributed by atoms with Crippen LogP contribution in [-0.4, -0.2) is 27.4 Å². The van der Waals surface area contributed by atoms with E-state index in [1.807, 2.05) is 11.7 Å². The molecular formula is C11H22N4. The van der Waals surface area contributed by atoms with Gasteiger partial charge in [0.05, 0.1) is 0 Å². The average molecular weight is 210 g/mol. The second-order valence-corrected chi connectivity index (χ2v) is 4.33. The number of aryl methyl sites for hydroxylation is 1. The summed E-state index contributed by atoms with van der Waals surface area (Å²) >= 11 is 0. The van der Waals surface area contributed by atoms with E-state index in [2.05, 4.69) is 43.1 Å². The van der Waals surface area contributed by atoms with Crippen LogP contribution in [-0.2, 0) is 13.5 Å². The minimum absolute atomic E-state index is 0.402. The van der Waals surface area contributed by atoms with Gasteiger partial charge < -0.3 is 5.32 Å². The molecule has 1 rings (SSSR count). The molecule has 0 aliphatic carbocycles. The van der Waals surface area contributed by atoms with E-state index >= 15 is 0 Å². The standard InChI is InChI=1S/C11H22N4/c1-6-12-9(4)7-10-13-11(8(2)3)14-15(10)5/h8-9,12H,6-7H2,1-5H3. The Bertz CT molecular complexity index is 304. The van der Waals surface area contributed by atoms with E-state index in [1.54, 1.807) is 0 Å². The molecule has 1 aromatic heterocycles. The highest BCUT2D eigenvalue weighted by molar-refractivity contribution is 4.98. The highest BCUT2D eigenvalue weighted by atomic mass is 15.3. The first-order valence-electron chi connectivity index (χ1n) is 5.67. The van der Waals surface area contributed by atoms with Crippen LogP contribution in [0.15, 0.2) is 0 Å². The zero-order chi connectivity index (χ0) is 11.4. The molecule has 15 heavy (non-hydrogen) atoms. The fourth-order valence-electron chi connectivity index (χ4n) is 1.56. The first kappa shape index (κ1) is 12.2. The number of nitrogens with zero attached hydrogens (tertiary/aromatic N) is 3. The Morgan fingerprint density at radius 2 is 2.00 bits per heavy atom. The molecule has 1 aromatic rings. The Labute approximate surface area is 92.1 Å². The van der Waals surface area contributed by atoms with Gasteiger partial charge in [-0.05, 0) is 13.5 Å². The largest absolute Gasteiger partial charge is 0.314 e. The lowest BCUT2D eigenvalue weighted by Gasteiger charge is -2.10. The lowest BCUT2D eigenvalue weighted by molar-refractivity contribution is 0.536. The van der Waals surface area contributed by atoms with Crippen LogP contribution in [0.4, 0.5) is 0 Å². The van der Waals surface area contributed by atoms with Crippen molar-refractivity contribution in [1.82, 2.24) is 20.1 Å². The molecule has 4 nitrogen and oxygen atoms in total. The van der Waals surface area contributed by atoms with Gasteiger partial charge in [0, 0.05) is 25.4 Å². The summed E-state index contributed by atoms with van der Waals surface area (Å²) in [6.07, 6.45) is 0.935. The van der Waals surface area contributed by atoms with Crippen LogP contribution < -0.4 is 5.32 Å². The van der Waals surface area contributed by atoms with Crippen LogP contribution in [0.5, 0.6) is 0 Å². The molecule has 1 heterocycles. The third-order valence-corrected chi connectivity index (χ3v) is 2.43. The number of rotatable bonds is 5. The van der Waals surface area contributed by atoms with Gasteiger partial charge in [0.25, 0.3) is 0 Å². The summed E-state index contributed by atoms with van der Waals surface area (Å²) in [7, 11) is 1.97. The molecule has 1 unspecified atom stereocenters. The lowest BCUT2D eigenvalue weighted by atomic mass is 10.2. The first-order valence-corrected chi connectivity index (χ1v) is 5.67. The van der Waals surface area contributed by atoms with Crippen molar-refractivity contribution in [1.29, 1.82) is 0 Å². The van der Waals surface area contributed by atoms with Crippen LogP contribution in [0.2, 0.25) is 0 Å². The van der Waals surface area contributed by atoms with Crippen molar-refractivity contribution in [3.63, 3.8) is 0 Å². The molecule has 0 radical (unpaired) electrons. The van der Waals surface area contributed by atoms with E-state index in [0.717, 1.165) is 24.6 Å². The number of nitrogens with one attached hydrogen (secondary N) is 1. The smallest absolute Gasteiger partial charge is 0.153 e. The van der Waals surface area contributed by atoms with Gasteiger partial charge in [-0.3, -0.25) is 4.68 Å². The second-order valence-electron chi connectivity index (χ2n) is 4.33. The van der Waals surface area contributed by atoms with Gasteiger partial charge in [-0.1, -0.05) is 20.8 Å². The summed E-state index contributed by atoms with van der Waals surface area (Å²) in [4.78, 5) is 4.54. The van der Waals surface area contributed by atoms with Crippen molar-refractivity contribution in [2.45, 2.75) is 46.1 Å². The third-order valence-electron chi connectivity index (χ3n) is 2.43. The van der Waals surface area contributed by atoms with Crippen molar-refractivity contribution >= 4 is 0 Å². The predicted molar refractivity (Wildman–Crippen MR) is 61.9 cm³/mol. The highest BCUT2D eigenvalue weighted by Crippen LogP contribution is 2.10. The molecule has 0 aliphatic heterocycles. The zero-order valence-electron chi connectivity index (χ0n) is 10.4. The van der Waals surface area contributed by atoms with Crippen LogP contribution in [0.25, 0.3) is 0 Å².